The summed E-state index contributed by atoms with van der Waals surface area (Å²) in [5, 5.41) is 0. The molecule has 1 amide bonds. The van der Waals surface area contributed by atoms with Crippen LogP contribution in [0.3, 0.4) is 0 Å². The van der Waals surface area contributed by atoms with Gasteiger partial charge in [0.2, 0.25) is 0 Å². The van der Waals surface area contributed by atoms with Crippen molar-refractivity contribution in [3.8, 4) is 0 Å². The third-order valence-corrected chi connectivity index (χ3v) is 3.95. The zero-order chi connectivity index (χ0) is 16.1. The summed E-state index contributed by atoms with van der Waals surface area (Å²) in [5.74, 6) is -0.531. The highest BCUT2D eigenvalue weighted by atomic mass is 19.1. The van der Waals surface area contributed by atoms with Crippen LogP contribution in [0.2, 0.25) is 0 Å². The van der Waals surface area contributed by atoms with Crippen LogP contribution in [-0.4, -0.2) is 35.0 Å². The standard InChI is InChI=1S/C18H19FN2O2/c19-16-6-1-5-15(10-16)18(22)21-9-3-7-17(12-21)23-13-14-4-2-8-20-11-14/h1-2,4-6,8,10-11,17H,3,7,9,12-13H2. The number of carbonyl (C=O) groups excluding carboxylic acids is 1. The van der Waals surface area contributed by atoms with Gasteiger partial charge in [0.1, 0.15) is 5.82 Å². The van der Waals surface area contributed by atoms with Gasteiger partial charge < -0.3 is 9.64 Å². The lowest BCUT2D eigenvalue weighted by Crippen LogP contribution is -2.43. The molecular weight excluding hydrogens is 295 g/mol. The van der Waals surface area contributed by atoms with E-state index in [1.165, 1.54) is 12.1 Å². The van der Waals surface area contributed by atoms with Crippen molar-refractivity contribution in [2.24, 2.45) is 0 Å². The Kier molecular flexibility index (Phi) is 4.98. The fourth-order valence-corrected chi connectivity index (χ4v) is 2.76. The van der Waals surface area contributed by atoms with E-state index in [0.717, 1.165) is 18.4 Å². The molecule has 3 rings (SSSR count). The van der Waals surface area contributed by atoms with Crippen LogP contribution in [0.4, 0.5) is 4.39 Å². The number of hydrogen-bond donors (Lipinski definition) is 0. The summed E-state index contributed by atoms with van der Waals surface area (Å²) in [6.45, 7) is 1.71. The first kappa shape index (κ1) is 15.6. The maximum atomic E-state index is 13.3. The molecule has 0 spiro atoms. The molecule has 0 aliphatic carbocycles. The van der Waals surface area contributed by atoms with Crippen LogP contribution in [0, 0.1) is 5.82 Å². The van der Waals surface area contributed by atoms with Crippen LogP contribution in [-0.2, 0) is 11.3 Å². The SMILES string of the molecule is O=C(c1cccc(F)c1)N1CCCC(OCc2cccnc2)C1. The summed E-state index contributed by atoms with van der Waals surface area (Å²) in [6, 6.07) is 9.66. The first-order chi connectivity index (χ1) is 11.2. The highest BCUT2D eigenvalue weighted by Crippen LogP contribution is 2.18. The quantitative estimate of drug-likeness (QED) is 0.871. The third kappa shape index (κ3) is 4.13. The van der Waals surface area contributed by atoms with Crippen LogP contribution >= 0.6 is 0 Å². The number of aromatic nitrogens is 1. The predicted octanol–water partition coefficient (Wildman–Crippen LogP) is 3.04. The monoisotopic (exact) mass is 314 g/mol. The van der Waals surface area contributed by atoms with Crippen molar-refractivity contribution in [1.82, 2.24) is 9.88 Å². The molecule has 1 aromatic carbocycles. The Morgan fingerprint density at radius 2 is 2.26 bits per heavy atom. The second kappa shape index (κ2) is 7.33. The fraction of sp³-hybridized carbons (Fsp3) is 0.333. The van der Waals surface area contributed by atoms with Crippen molar-refractivity contribution in [2.45, 2.75) is 25.6 Å². The average Bonchev–Trinajstić information content (AvgIpc) is 2.60. The van der Waals surface area contributed by atoms with E-state index in [-0.39, 0.29) is 12.0 Å². The maximum absolute atomic E-state index is 13.3. The molecule has 2 aromatic rings. The number of ether oxygens (including phenoxy) is 1. The molecule has 1 atom stereocenters. The summed E-state index contributed by atoms with van der Waals surface area (Å²) < 4.78 is 19.2. The number of carbonyl (C=O) groups is 1. The topological polar surface area (TPSA) is 42.4 Å². The largest absolute Gasteiger partial charge is 0.372 e. The fourth-order valence-electron chi connectivity index (χ4n) is 2.76. The molecule has 5 heteroatoms. The van der Waals surface area contributed by atoms with Gasteiger partial charge in [-0.3, -0.25) is 9.78 Å². The predicted molar refractivity (Wildman–Crippen MR) is 84.4 cm³/mol. The third-order valence-electron chi connectivity index (χ3n) is 3.95. The second-order valence-electron chi connectivity index (χ2n) is 5.70. The van der Waals surface area contributed by atoms with Crippen LogP contribution in [0.1, 0.15) is 28.8 Å². The van der Waals surface area contributed by atoms with Crippen molar-refractivity contribution in [3.05, 3.63) is 65.7 Å². The minimum atomic E-state index is -0.391. The number of likely N-dealkylation sites (tertiary alicyclic amines) is 1. The number of nitrogens with zero attached hydrogens (tertiary/aromatic N) is 2. The van der Waals surface area contributed by atoms with Gasteiger partial charge in [0.05, 0.1) is 12.7 Å². The van der Waals surface area contributed by atoms with E-state index >= 15 is 0 Å². The van der Waals surface area contributed by atoms with E-state index < -0.39 is 5.82 Å². The highest BCUT2D eigenvalue weighted by molar-refractivity contribution is 5.94. The van der Waals surface area contributed by atoms with Gasteiger partial charge in [0.15, 0.2) is 0 Å². The Morgan fingerprint density at radius 1 is 1.35 bits per heavy atom. The summed E-state index contributed by atoms with van der Waals surface area (Å²) in [6.07, 6.45) is 5.31. The van der Waals surface area contributed by atoms with Crippen molar-refractivity contribution in [3.63, 3.8) is 0 Å². The van der Waals surface area contributed by atoms with Gasteiger partial charge in [-0.05, 0) is 42.7 Å². The molecule has 1 unspecified atom stereocenters. The van der Waals surface area contributed by atoms with E-state index in [1.807, 2.05) is 12.1 Å². The zero-order valence-electron chi connectivity index (χ0n) is 12.8. The summed E-state index contributed by atoms with van der Waals surface area (Å²) in [4.78, 5) is 18.3. The Hall–Kier alpha value is -2.27. The lowest BCUT2D eigenvalue weighted by molar-refractivity contribution is -0.00682. The van der Waals surface area contributed by atoms with Gasteiger partial charge in [-0.15, -0.1) is 0 Å². The Balaban J connectivity index is 1.58. The first-order valence-electron chi connectivity index (χ1n) is 7.78. The van der Waals surface area contributed by atoms with Gasteiger partial charge in [0.25, 0.3) is 5.91 Å². The normalized spacial score (nSPS) is 18.0. The molecule has 0 saturated carbocycles. The number of hydrogen-bond acceptors (Lipinski definition) is 3. The molecule has 1 aromatic heterocycles. The van der Waals surface area contributed by atoms with Crippen molar-refractivity contribution in [2.75, 3.05) is 13.1 Å². The molecule has 1 aliphatic rings. The molecule has 2 heterocycles. The van der Waals surface area contributed by atoms with Crippen molar-refractivity contribution < 1.29 is 13.9 Å². The number of halogens is 1. The molecule has 4 nitrogen and oxygen atoms in total. The van der Waals surface area contributed by atoms with Gasteiger partial charge in [-0.1, -0.05) is 12.1 Å². The van der Waals surface area contributed by atoms with E-state index in [2.05, 4.69) is 4.98 Å². The number of amides is 1. The minimum absolute atomic E-state index is 0.00136. The van der Waals surface area contributed by atoms with Crippen LogP contribution in [0.5, 0.6) is 0 Å². The van der Waals surface area contributed by atoms with E-state index in [0.29, 0.717) is 25.3 Å². The second-order valence-corrected chi connectivity index (χ2v) is 5.70. The first-order valence-corrected chi connectivity index (χ1v) is 7.78. The lowest BCUT2D eigenvalue weighted by atomic mass is 10.1. The van der Waals surface area contributed by atoms with Crippen LogP contribution in [0.25, 0.3) is 0 Å². The summed E-state index contributed by atoms with van der Waals surface area (Å²) in [7, 11) is 0. The lowest BCUT2D eigenvalue weighted by Gasteiger charge is -2.32. The summed E-state index contributed by atoms with van der Waals surface area (Å²) in [5.41, 5.74) is 1.40. The average molecular weight is 314 g/mol. The maximum Gasteiger partial charge on any atom is 0.254 e. The van der Waals surface area contributed by atoms with Crippen LogP contribution in [0.15, 0.2) is 48.8 Å². The Bertz CT molecular complexity index is 663. The Morgan fingerprint density at radius 3 is 3.04 bits per heavy atom. The number of piperidine rings is 1. The molecule has 120 valence electrons. The summed E-state index contributed by atoms with van der Waals surface area (Å²) >= 11 is 0. The molecule has 1 saturated heterocycles. The smallest absolute Gasteiger partial charge is 0.254 e. The van der Waals surface area contributed by atoms with Crippen LogP contribution < -0.4 is 0 Å². The minimum Gasteiger partial charge on any atom is -0.372 e. The molecule has 0 radical (unpaired) electrons. The van der Waals surface area contributed by atoms with E-state index in [4.69, 9.17) is 4.74 Å². The Labute approximate surface area is 134 Å². The van der Waals surface area contributed by atoms with Gasteiger partial charge in [0, 0.05) is 31.0 Å². The van der Waals surface area contributed by atoms with E-state index in [1.54, 1.807) is 29.4 Å². The van der Waals surface area contributed by atoms with Crippen molar-refractivity contribution >= 4 is 5.91 Å². The number of benzene rings is 1. The zero-order valence-corrected chi connectivity index (χ0v) is 12.8. The van der Waals surface area contributed by atoms with E-state index in [9.17, 15) is 9.18 Å². The molecule has 0 bridgehead atoms. The molecular formula is C18H19FN2O2. The molecule has 1 aliphatic heterocycles. The van der Waals surface area contributed by atoms with Gasteiger partial charge in [-0.2, -0.15) is 0 Å². The number of pyridine rings is 1. The number of rotatable bonds is 4. The van der Waals surface area contributed by atoms with Gasteiger partial charge in [-0.25, -0.2) is 4.39 Å². The molecule has 0 N–H and O–H groups in total. The van der Waals surface area contributed by atoms with Gasteiger partial charge >= 0.3 is 0 Å². The highest BCUT2D eigenvalue weighted by Gasteiger charge is 2.25. The molecule has 1 fully saturated rings. The molecule has 23 heavy (non-hydrogen) atoms. The van der Waals surface area contributed by atoms with Crippen molar-refractivity contribution in [1.29, 1.82) is 0 Å².